The van der Waals surface area contributed by atoms with E-state index in [4.69, 9.17) is 0 Å². The third-order valence-electron chi connectivity index (χ3n) is 5.87. The smallest absolute Gasteiger partial charge is 0.293 e. The van der Waals surface area contributed by atoms with Crippen molar-refractivity contribution in [3.8, 4) is 0 Å². The molecule has 0 spiro atoms. The molecule has 0 bridgehead atoms. The van der Waals surface area contributed by atoms with E-state index >= 15 is 0 Å². The Labute approximate surface area is 186 Å². The molecule has 0 saturated carbocycles. The highest BCUT2D eigenvalue weighted by atomic mass is 32.2. The molecule has 10 heteroatoms. The maximum absolute atomic E-state index is 13.0. The summed E-state index contributed by atoms with van der Waals surface area (Å²) in [5, 5.41) is 14.9. The van der Waals surface area contributed by atoms with E-state index < -0.39 is 14.9 Å². The minimum Gasteiger partial charge on any atom is -0.378 e. The maximum atomic E-state index is 13.0. The molecule has 1 saturated heterocycles. The Kier molecular flexibility index (Phi) is 9.23. The summed E-state index contributed by atoms with van der Waals surface area (Å²) in [6, 6.07) is 4.42. The van der Waals surface area contributed by atoms with Crippen LogP contribution in [0.2, 0.25) is 0 Å². The lowest BCUT2D eigenvalue weighted by Crippen LogP contribution is -2.47. The summed E-state index contributed by atoms with van der Waals surface area (Å²) in [5.41, 5.74) is 0.140. The number of hydrogen-bond acceptors (Lipinski definition) is 7. The van der Waals surface area contributed by atoms with E-state index in [0.717, 1.165) is 19.5 Å². The molecule has 1 aromatic carbocycles. The van der Waals surface area contributed by atoms with Crippen molar-refractivity contribution in [3.63, 3.8) is 0 Å². The van der Waals surface area contributed by atoms with Crippen molar-refractivity contribution in [1.82, 2.24) is 14.1 Å². The summed E-state index contributed by atoms with van der Waals surface area (Å²) < 4.78 is 27.4. The third kappa shape index (κ3) is 6.61. The fraction of sp³-hybridized carbons (Fsp3) is 0.714. The largest absolute Gasteiger partial charge is 0.378 e. The Balaban J connectivity index is 2.24. The van der Waals surface area contributed by atoms with Gasteiger partial charge in [0.15, 0.2) is 0 Å². The van der Waals surface area contributed by atoms with Crippen LogP contribution in [0, 0.1) is 16.0 Å². The Morgan fingerprint density at radius 1 is 1.16 bits per heavy atom. The van der Waals surface area contributed by atoms with Crippen molar-refractivity contribution in [2.45, 2.75) is 45.1 Å². The van der Waals surface area contributed by atoms with Crippen LogP contribution in [-0.2, 0) is 10.0 Å². The summed E-state index contributed by atoms with van der Waals surface area (Å²) in [7, 11) is -1.82. The molecule has 9 nitrogen and oxygen atoms in total. The molecule has 0 aromatic heterocycles. The van der Waals surface area contributed by atoms with Gasteiger partial charge in [0.05, 0.1) is 9.82 Å². The Morgan fingerprint density at radius 2 is 1.77 bits per heavy atom. The van der Waals surface area contributed by atoms with Gasteiger partial charge in [-0.2, -0.15) is 4.31 Å². The number of benzene rings is 1. The van der Waals surface area contributed by atoms with Gasteiger partial charge in [0.1, 0.15) is 5.69 Å². The van der Waals surface area contributed by atoms with Crippen molar-refractivity contribution in [2.75, 3.05) is 58.2 Å². The first kappa shape index (κ1) is 25.5. The van der Waals surface area contributed by atoms with Crippen LogP contribution in [0.15, 0.2) is 23.1 Å². The van der Waals surface area contributed by atoms with Gasteiger partial charge < -0.3 is 10.2 Å². The fourth-order valence-corrected chi connectivity index (χ4v) is 5.47. The summed E-state index contributed by atoms with van der Waals surface area (Å²) in [4.78, 5) is 15.6. The van der Waals surface area contributed by atoms with Gasteiger partial charge in [0.25, 0.3) is 5.69 Å². The number of piperazine rings is 1. The second-order valence-electron chi connectivity index (χ2n) is 8.53. The molecule has 1 unspecified atom stereocenters. The number of nitrogens with one attached hydrogen (secondary N) is 1. The molecule has 31 heavy (non-hydrogen) atoms. The first-order valence-corrected chi connectivity index (χ1v) is 12.5. The zero-order valence-electron chi connectivity index (χ0n) is 19.4. The molecule has 1 atom stereocenters. The molecule has 176 valence electrons. The van der Waals surface area contributed by atoms with E-state index in [1.807, 2.05) is 7.05 Å². The van der Waals surface area contributed by atoms with Gasteiger partial charge in [-0.3, -0.25) is 15.0 Å². The molecular weight excluding hydrogens is 418 g/mol. The SMILES string of the molecule is CCN(CC)C(CNc1ccc(S(=O)(=O)N2CCN(C)CC2)cc1[N+](=O)[O-])CC(C)C. The maximum Gasteiger partial charge on any atom is 0.293 e. The van der Waals surface area contributed by atoms with Crippen LogP contribution in [0.3, 0.4) is 0 Å². The first-order valence-electron chi connectivity index (χ1n) is 11.0. The number of nitrogens with zero attached hydrogens (tertiary/aromatic N) is 4. The first-order chi connectivity index (χ1) is 14.6. The number of likely N-dealkylation sites (N-methyl/N-ethyl adjacent to an activating group) is 2. The number of rotatable bonds is 11. The molecule has 1 aliphatic rings. The molecule has 1 heterocycles. The zero-order valence-corrected chi connectivity index (χ0v) is 20.2. The van der Waals surface area contributed by atoms with Gasteiger partial charge in [-0.05, 0) is 44.6 Å². The molecule has 1 N–H and O–H groups in total. The highest BCUT2D eigenvalue weighted by Gasteiger charge is 2.30. The second-order valence-corrected chi connectivity index (χ2v) is 10.5. The van der Waals surface area contributed by atoms with Crippen LogP contribution in [0.4, 0.5) is 11.4 Å². The van der Waals surface area contributed by atoms with Crippen molar-refractivity contribution >= 4 is 21.4 Å². The number of nitro benzene ring substituents is 1. The van der Waals surface area contributed by atoms with Crippen LogP contribution in [0.5, 0.6) is 0 Å². The molecule has 1 aliphatic heterocycles. The van der Waals surface area contributed by atoms with Crippen LogP contribution in [0.25, 0.3) is 0 Å². The predicted octanol–water partition coefficient (Wildman–Crippen LogP) is 2.70. The van der Waals surface area contributed by atoms with Gasteiger partial charge in [0.2, 0.25) is 10.0 Å². The van der Waals surface area contributed by atoms with Crippen LogP contribution in [0.1, 0.15) is 34.1 Å². The topological polar surface area (TPSA) is 99.0 Å². The van der Waals surface area contributed by atoms with Gasteiger partial charge in [-0.25, -0.2) is 8.42 Å². The molecule has 1 fully saturated rings. The van der Waals surface area contributed by atoms with E-state index in [2.05, 4.69) is 42.8 Å². The Bertz CT molecular complexity index is 834. The standard InChI is InChI=1S/C21H37N5O4S/c1-6-24(7-2)18(14-17(3)4)16-22-20-9-8-19(15-21(20)26(27)28)31(29,30)25-12-10-23(5)11-13-25/h8-9,15,17-18,22H,6-7,10-14,16H2,1-5H3. The van der Waals surface area contributed by atoms with E-state index in [1.54, 1.807) is 0 Å². The highest BCUT2D eigenvalue weighted by Crippen LogP contribution is 2.29. The summed E-state index contributed by atoms with van der Waals surface area (Å²) in [6.07, 6.45) is 0.971. The molecular formula is C21H37N5O4S. The van der Waals surface area contributed by atoms with Crippen LogP contribution < -0.4 is 5.32 Å². The normalized spacial score (nSPS) is 17.3. The Hall–Kier alpha value is -1.75. The molecule has 0 amide bonds. The second kappa shape index (κ2) is 11.2. The Morgan fingerprint density at radius 3 is 2.29 bits per heavy atom. The predicted molar refractivity (Wildman–Crippen MR) is 124 cm³/mol. The van der Waals surface area contributed by atoms with Crippen LogP contribution in [-0.4, -0.2) is 86.3 Å². The molecule has 2 rings (SSSR count). The van der Waals surface area contributed by atoms with E-state index in [9.17, 15) is 18.5 Å². The summed E-state index contributed by atoms with van der Waals surface area (Å²) in [6.45, 7) is 13.0. The highest BCUT2D eigenvalue weighted by molar-refractivity contribution is 7.89. The van der Waals surface area contributed by atoms with Gasteiger partial charge in [-0.15, -0.1) is 0 Å². The number of nitro groups is 1. The minimum absolute atomic E-state index is 0.0308. The van der Waals surface area contributed by atoms with Crippen molar-refractivity contribution < 1.29 is 13.3 Å². The fourth-order valence-electron chi connectivity index (χ4n) is 4.02. The van der Waals surface area contributed by atoms with Gasteiger partial charge >= 0.3 is 0 Å². The number of sulfonamides is 1. The summed E-state index contributed by atoms with van der Waals surface area (Å²) >= 11 is 0. The monoisotopic (exact) mass is 455 g/mol. The van der Waals surface area contributed by atoms with Crippen molar-refractivity contribution in [1.29, 1.82) is 0 Å². The zero-order chi connectivity index (χ0) is 23.2. The molecule has 0 radical (unpaired) electrons. The lowest BCUT2D eigenvalue weighted by atomic mass is 10.0. The lowest BCUT2D eigenvalue weighted by molar-refractivity contribution is -0.384. The summed E-state index contributed by atoms with van der Waals surface area (Å²) in [5.74, 6) is 0.499. The van der Waals surface area contributed by atoms with E-state index in [0.29, 0.717) is 44.3 Å². The van der Waals surface area contributed by atoms with Gasteiger partial charge in [0, 0.05) is 44.8 Å². The van der Waals surface area contributed by atoms with Crippen molar-refractivity contribution in [3.05, 3.63) is 28.3 Å². The lowest BCUT2D eigenvalue weighted by Gasteiger charge is -2.32. The number of anilines is 1. The molecule has 1 aromatic rings. The van der Waals surface area contributed by atoms with E-state index in [1.165, 1.54) is 22.5 Å². The average molecular weight is 456 g/mol. The number of hydrogen-bond donors (Lipinski definition) is 1. The van der Waals surface area contributed by atoms with Gasteiger partial charge in [-0.1, -0.05) is 27.7 Å². The van der Waals surface area contributed by atoms with E-state index in [-0.39, 0.29) is 16.6 Å². The van der Waals surface area contributed by atoms with Crippen molar-refractivity contribution in [2.24, 2.45) is 5.92 Å². The minimum atomic E-state index is -3.76. The van der Waals surface area contributed by atoms with Crippen LogP contribution >= 0.6 is 0 Å². The average Bonchev–Trinajstić information content (AvgIpc) is 2.72. The third-order valence-corrected chi connectivity index (χ3v) is 7.76. The quantitative estimate of drug-likeness (QED) is 0.404. The molecule has 0 aliphatic carbocycles.